The van der Waals surface area contributed by atoms with E-state index in [0.29, 0.717) is 18.2 Å². The fourth-order valence-corrected chi connectivity index (χ4v) is 2.02. The van der Waals surface area contributed by atoms with Gasteiger partial charge < -0.3 is 15.2 Å². The molecule has 0 aromatic heterocycles. The number of phenols is 1. The lowest BCUT2D eigenvalue weighted by atomic mass is 10.2. The summed E-state index contributed by atoms with van der Waals surface area (Å²) < 4.78 is 5.59. The standard InChI is InChI=1S/C16H18ClNO2/c17-14-7-8-16(19)13(11-14)12-18-9-4-10-20-15-5-2-1-3-6-15/h1-3,5-8,11,18-19H,4,9-10,12H2. The predicted octanol–water partition coefficient (Wildman–Crippen LogP) is 3.60. The molecule has 0 saturated carbocycles. The maximum Gasteiger partial charge on any atom is 0.120 e. The van der Waals surface area contributed by atoms with E-state index >= 15 is 0 Å². The first-order chi connectivity index (χ1) is 9.75. The number of ether oxygens (including phenoxy) is 1. The molecule has 0 aliphatic carbocycles. The van der Waals surface area contributed by atoms with Gasteiger partial charge in [-0.25, -0.2) is 0 Å². The Balaban J connectivity index is 1.63. The molecule has 0 amide bonds. The van der Waals surface area contributed by atoms with Crippen molar-refractivity contribution in [3.63, 3.8) is 0 Å². The molecular weight excluding hydrogens is 274 g/mol. The van der Waals surface area contributed by atoms with Gasteiger partial charge in [0.25, 0.3) is 0 Å². The molecule has 2 N–H and O–H groups in total. The second-order valence-electron chi connectivity index (χ2n) is 4.46. The summed E-state index contributed by atoms with van der Waals surface area (Å²) in [6, 6.07) is 14.8. The van der Waals surface area contributed by atoms with Gasteiger partial charge in [-0.05, 0) is 43.3 Å². The van der Waals surface area contributed by atoms with Gasteiger partial charge >= 0.3 is 0 Å². The van der Waals surface area contributed by atoms with Crippen LogP contribution in [-0.4, -0.2) is 18.3 Å². The van der Waals surface area contributed by atoms with E-state index in [0.717, 1.165) is 24.3 Å². The Morgan fingerprint density at radius 1 is 1.10 bits per heavy atom. The van der Waals surface area contributed by atoms with E-state index in [2.05, 4.69) is 5.32 Å². The summed E-state index contributed by atoms with van der Waals surface area (Å²) in [4.78, 5) is 0. The first kappa shape index (κ1) is 14.7. The molecule has 3 nitrogen and oxygen atoms in total. The Morgan fingerprint density at radius 2 is 1.90 bits per heavy atom. The second kappa shape index (κ2) is 7.78. The lowest BCUT2D eigenvalue weighted by Gasteiger charge is -2.08. The average Bonchev–Trinajstić information content (AvgIpc) is 2.47. The molecule has 20 heavy (non-hydrogen) atoms. The van der Waals surface area contributed by atoms with Crippen LogP contribution in [0.2, 0.25) is 5.02 Å². The van der Waals surface area contributed by atoms with Crippen LogP contribution in [0.1, 0.15) is 12.0 Å². The van der Waals surface area contributed by atoms with Crippen LogP contribution < -0.4 is 10.1 Å². The minimum absolute atomic E-state index is 0.266. The second-order valence-corrected chi connectivity index (χ2v) is 4.90. The minimum atomic E-state index is 0.266. The van der Waals surface area contributed by atoms with Crippen molar-refractivity contribution in [3.05, 3.63) is 59.1 Å². The molecule has 2 rings (SSSR count). The fraction of sp³-hybridized carbons (Fsp3) is 0.250. The van der Waals surface area contributed by atoms with Gasteiger partial charge in [-0.3, -0.25) is 0 Å². The van der Waals surface area contributed by atoms with Crippen molar-refractivity contribution in [1.82, 2.24) is 5.32 Å². The summed E-state index contributed by atoms with van der Waals surface area (Å²) in [7, 11) is 0. The first-order valence-corrected chi connectivity index (χ1v) is 6.99. The fourth-order valence-electron chi connectivity index (χ4n) is 1.82. The van der Waals surface area contributed by atoms with E-state index in [-0.39, 0.29) is 5.75 Å². The maximum atomic E-state index is 9.66. The number of phenolic OH excluding ortho intramolecular Hbond substituents is 1. The van der Waals surface area contributed by atoms with Gasteiger partial charge in [-0.1, -0.05) is 29.8 Å². The van der Waals surface area contributed by atoms with Gasteiger partial charge in [-0.2, -0.15) is 0 Å². The van der Waals surface area contributed by atoms with Crippen molar-refractivity contribution >= 4 is 11.6 Å². The number of aromatic hydroxyl groups is 1. The zero-order chi connectivity index (χ0) is 14.2. The highest BCUT2D eigenvalue weighted by atomic mass is 35.5. The van der Waals surface area contributed by atoms with Crippen LogP contribution >= 0.6 is 11.6 Å². The number of hydrogen-bond donors (Lipinski definition) is 2. The smallest absolute Gasteiger partial charge is 0.120 e. The Morgan fingerprint density at radius 3 is 2.70 bits per heavy atom. The van der Waals surface area contributed by atoms with Gasteiger partial charge in [0.15, 0.2) is 0 Å². The highest BCUT2D eigenvalue weighted by molar-refractivity contribution is 6.30. The van der Waals surface area contributed by atoms with Crippen molar-refractivity contribution in [3.8, 4) is 11.5 Å². The molecule has 0 aliphatic heterocycles. The van der Waals surface area contributed by atoms with Crippen molar-refractivity contribution in [2.45, 2.75) is 13.0 Å². The highest BCUT2D eigenvalue weighted by Crippen LogP contribution is 2.21. The topological polar surface area (TPSA) is 41.5 Å². The predicted molar refractivity (Wildman–Crippen MR) is 81.4 cm³/mol. The lowest BCUT2D eigenvalue weighted by Crippen LogP contribution is -2.17. The molecule has 0 atom stereocenters. The zero-order valence-electron chi connectivity index (χ0n) is 11.2. The Labute approximate surface area is 124 Å². The molecule has 0 unspecified atom stereocenters. The molecule has 0 saturated heterocycles. The van der Waals surface area contributed by atoms with E-state index in [1.54, 1.807) is 18.2 Å². The van der Waals surface area contributed by atoms with E-state index in [1.165, 1.54) is 0 Å². The number of para-hydroxylation sites is 1. The van der Waals surface area contributed by atoms with Crippen LogP contribution in [0.3, 0.4) is 0 Å². The summed E-state index contributed by atoms with van der Waals surface area (Å²) in [6.07, 6.45) is 0.899. The van der Waals surface area contributed by atoms with Crippen molar-refractivity contribution in [2.24, 2.45) is 0 Å². The largest absolute Gasteiger partial charge is 0.508 e. The third kappa shape index (κ3) is 4.76. The van der Waals surface area contributed by atoms with Gasteiger partial charge in [0.05, 0.1) is 6.61 Å². The molecule has 2 aromatic carbocycles. The number of rotatable bonds is 7. The monoisotopic (exact) mass is 291 g/mol. The Kier molecular flexibility index (Phi) is 5.71. The Hall–Kier alpha value is -1.71. The molecule has 0 aliphatic rings. The van der Waals surface area contributed by atoms with E-state index in [9.17, 15) is 5.11 Å². The van der Waals surface area contributed by atoms with Gasteiger partial charge in [0.2, 0.25) is 0 Å². The van der Waals surface area contributed by atoms with E-state index < -0.39 is 0 Å². The third-order valence-electron chi connectivity index (χ3n) is 2.87. The lowest BCUT2D eigenvalue weighted by molar-refractivity contribution is 0.308. The van der Waals surface area contributed by atoms with Crippen LogP contribution in [0.5, 0.6) is 11.5 Å². The summed E-state index contributed by atoms with van der Waals surface area (Å²) in [5.41, 5.74) is 0.807. The average molecular weight is 292 g/mol. The van der Waals surface area contributed by atoms with Crippen LogP contribution in [0.15, 0.2) is 48.5 Å². The van der Waals surface area contributed by atoms with Gasteiger partial charge in [-0.15, -0.1) is 0 Å². The molecule has 0 heterocycles. The molecule has 4 heteroatoms. The van der Waals surface area contributed by atoms with Gasteiger partial charge in [0, 0.05) is 17.1 Å². The third-order valence-corrected chi connectivity index (χ3v) is 3.10. The van der Waals surface area contributed by atoms with Crippen molar-refractivity contribution in [1.29, 1.82) is 0 Å². The molecule has 0 spiro atoms. The number of benzene rings is 2. The maximum absolute atomic E-state index is 9.66. The van der Waals surface area contributed by atoms with Gasteiger partial charge in [0.1, 0.15) is 11.5 Å². The van der Waals surface area contributed by atoms with Crippen molar-refractivity contribution in [2.75, 3.05) is 13.2 Å². The summed E-state index contributed by atoms with van der Waals surface area (Å²) in [6.45, 7) is 2.08. The molecule has 2 aromatic rings. The summed E-state index contributed by atoms with van der Waals surface area (Å²) in [5.74, 6) is 1.16. The normalized spacial score (nSPS) is 10.4. The number of nitrogens with one attached hydrogen (secondary N) is 1. The van der Waals surface area contributed by atoms with E-state index in [1.807, 2.05) is 30.3 Å². The molecule has 106 valence electrons. The zero-order valence-corrected chi connectivity index (χ0v) is 11.9. The number of hydrogen-bond acceptors (Lipinski definition) is 3. The minimum Gasteiger partial charge on any atom is -0.508 e. The van der Waals surface area contributed by atoms with Crippen LogP contribution in [0, 0.1) is 0 Å². The molecule has 0 bridgehead atoms. The summed E-state index contributed by atoms with van der Waals surface area (Å²) in [5, 5.41) is 13.6. The SMILES string of the molecule is Oc1ccc(Cl)cc1CNCCCOc1ccccc1. The quantitative estimate of drug-likeness (QED) is 0.766. The van der Waals surface area contributed by atoms with Crippen LogP contribution in [0.25, 0.3) is 0 Å². The van der Waals surface area contributed by atoms with Crippen LogP contribution in [-0.2, 0) is 6.54 Å². The first-order valence-electron chi connectivity index (χ1n) is 6.61. The molecule has 0 radical (unpaired) electrons. The Bertz CT molecular complexity index is 531. The molecular formula is C16H18ClNO2. The molecule has 0 fully saturated rings. The van der Waals surface area contributed by atoms with Crippen molar-refractivity contribution < 1.29 is 9.84 Å². The number of halogens is 1. The summed E-state index contributed by atoms with van der Waals surface area (Å²) >= 11 is 5.89. The van der Waals surface area contributed by atoms with E-state index in [4.69, 9.17) is 16.3 Å². The highest BCUT2D eigenvalue weighted by Gasteiger charge is 2.01. The van der Waals surface area contributed by atoms with Crippen LogP contribution in [0.4, 0.5) is 0 Å².